The van der Waals surface area contributed by atoms with E-state index in [1.807, 2.05) is 19.1 Å². The Morgan fingerprint density at radius 2 is 2.24 bits per heavy atom. The van der Waals surface area contributed by atoms with Crippen molar-refractivity contribution in [1.29, 1.82) is 0 Å². The molecule has 0 bridgehead atoms. The summed E-state index contributed by atoms with van der Waals surface area (Å²) >= 11 is 6.58. The van der Waals surface area contributed by atoms with E-state index < -0.39 is 5.41 Å². The van der Waals surface area contributed by atoms with E-state index in [-0.39, 0.29) is 10.9 Å². The molecule has 1 aromatic carbocycles. The lowest BCUT2D eigenvalue weighted by Gasteiger charge is -2.43. The van der Waals surface area contributed by atoms with Crippen LogP contribution in [0.4, 0.5) is 5.13 Å². The van der Waals surface area contributed by atoms with Crippen molar-refractivity contribution in [2.75, 3.05) is 5.32 Å². The van der Waals surface area contributed by atoms with Crippen molar-refractivity contribution in [3.05, 3.63) is 23.8 Å². The van der Waals surface area contributed by atoms with Crippen LogP contribution in [-0.4, -0.2) is 15.9 Å². The average Bonchev–Trinajstić information content (AvgIpc) is 2.75. The molecule has 6 heteroatoms. The third-order valence-electron chi connectivity index (χ3n) is 4.06. The number of carbonyl (C=O) groups excluding carboxylic acids is 1. The Morgan fingerprint density at radius 1 is 1.52 bits per heavy atom. The number of anilines is 1. The first kappa shape index (κ1) is 14.4. The molecule has 1 aromatic heterocycles. The second kappa shape index (κ2) is 5.03. The summed E-state index contributed by atoms with van der Waals surface area (Å²) in [5, 5.41) is 3.50. The van der Waals surface area contributed by atoms with Gasteiger partial charge >= 0.3 is 0 Å². The van der Waals surface area contributed by atoms with E-state index in [0.29, 0.717) is 11.0 Å². The fraction of sp³-hybridized carbons (Fsp3) is 0.400. The van der Waals surface area contributed by atoms with E-state index in [1.165, 1.54) is 16.9 Å². The monoisotopic (exact) mass is 319 g/mol. The van der Waals surface area contributed by atoms with Gasteiger partial charge in [-0.2, -0.15) is 0 Å². The van der Waals surface area contributed by atoms with Gasteiger partial charge in [0.05, 0.1) is 20.6 Å². The predicted octanol–water partition coefficient (Wildman–Crippen LogP) is 3.25. The van der Waals surface area contributed by atoms with Crippen molar-refractivity contribution >= 4 is 49.8 Å². The summed E-state index contributed by atoms with van der Waals surface area (Å²) in [4.78, 5) is 17.3. The maximum atomic E-state index is 12.5. The summed E-state index contributed by atoms with van der Waals surface area (Å²) in [5.41, 5.74) is 7.18. The fourth-order valence-corrected chi connectivity index (χ4v) is 4.15. The van der Waals surface area contributed by atoms with Crippen LogP contribution in [0, 0.1) is 18.3 Å². The highest BCUT2D eigenvalue weighted by Crippen LogP contribution is 2.46. The Bertz CT molecular complexity index is 732. The van der Waals surface area contributed by atoms with Crippen molar-refractivity contribution in [1.82, 2.24) is 4.98 Å². The molecule has 3 N–H and O–H groups in total. The third kappa shape index (κ3) is 2.42. The first-order chi connectivity index (χ1) is 9.90. The van der Waals surface area contributed by atoms with E-state index in [1.54, 1.807) is 0 Å². The molecule has 21 heavy (non-hydrogen) atoms. The Labute approximate surface area is 132 Å². The molecule has 1 fully saturated rings. The quantitative estimate of drug-likeness (QED) is 0.852. The molecule has 1 saturated carbocycles. The van der Waals surface area contributed by atoms with E-state index >= 15 is 0 Å². The summed E-state index contributed by atoms with van der Waals surface area (Å²) in [6.07, 6.45) is 1.44. The smallest absolute Gasteiger partial charge is 0.239 e. The molecule has 0 saturated heterocycles. The van der Waals surface area contributed by atoms with Crippen LogP contribution in [0.5, 0.6) is 0 Å². The Hall–Kier alpha value is -1.53. The van der Waals surface area contributed by atoms with Crippen LogP contribution >= 0.6 is 23.6 Å². The van der Waals surface area contributed by atoms with Crippen molar-refractivity contribution in [3.8, 4) is 0 Å². The van der Waals surface area contributed by atoms with Gasteiger partial charge in [-0.25, -0.2) is 4.98 Å². The molecule has 2 aromatic rings. The number of hydrogen-bond donors (Lipinski definition) is 2. The lowest BCUT2D eigenvalue weighted by atomic mass is 9.62. The van der Waals surface area contributed by atoms with Gasteiger partial charge in [-0.1, -0.05) is 36.5 Å². The van der Waals surface area contributed by atoms with Gasteiger partial charge in [0.15, 0.2) is 5.13 Å². The minimum Gasteiger partial charge on any atom is -0.392 e. The molecule has 0 spiro atoms. The minimum atomic E-state index is -0.692. The number of rotatable bonds is 3. The third-order valence-corrected chi connectivity index (χ3v) is 5.39. The van der Waals surface area contributed by atoms with E-state index in [2.05, 4.69) is 23.3 Å². The van der Waals surface area contributed by atoms with Crippen molar-refractivity contribution in [3.63, 3.8) is 0 Å². The van der Waals surface area contributed by atoms with Gasteiger partial charge in [0, 0.05) is 0 Å². The van der Waals surface area contributed by atoms with E-state index in [4.69, 9.17) is 18.0 Å². The van der Waals surface area contributed by atoms with Crippen LogP contribution < -0.4 is 11.1 Å². The van der Waals surface area contributed by atoms with Crippen molar-refractivity contribution in [2.45, 2.75) is 26.7 Å². The first-order valence-electron chi connectivity index (χ1n) is 6.89. The van der Waals surface area contributed by atoms with Gasteiger partial charge in [-0.15, -0.1) is 0 Å². The molecule has 1 aliphatic carbocycles. The number of hydrogen-bond acceptors (Lipinski definition) is 4. The number of aryl methyl sites for hydroxylation is 1. The SMILES string of the molecule is Cc1ccc2nc(NC(=O)C3(C(N)=S)CC(C)C3)sc2c1. The zero-order chi connectivity index (χ0) is 15.2. The predicted molar refractivity (Wildman–Crippen MR) is 90.6 cm³/mol. The Morgan fingerprint density at radius 3 is 2.86 bits per heavy atom. The van der Waals surface area contributed by atoms with E-state index in [9.17, 15) is 4.79 Å². The summed E-state index contributed by atoms with van der Waals surface area (Å²) in [6.45, 7) is 4.14. The number of thiocarbonyl (C=S) groups is 1. The fourth-order valence-electron chi connectivity index (χ4n) is 2.93. The maximum absolute atomic E-state index is 12.5. The lowest BCUT2D eigenvalue weighted by molar-refractivity contribution is -0.127. The first-order valence-corrected chi connectivity index (χ1v) is 8.12. The molecule has 3 rings (SSSR count). The molecule has 0 unspecified atom stereocenters. The van der Waals surface area contributed by atoms with Gasteiger partial charge in [-0.05, 0) is 43.4 Å². The average molecular weight is 319 g/mol. The standard InChI is InChI=1S/C15H17N3OS2/c1-8-3-4-10-11(5-8)21-14(17-10)18-13(19)15(12(16)20)6-9(2)7-15/h3-5,9H,6-7H2,1-2H3,(H2,16,20)(H,17,18,19). The van der Waals surface area contributed by atoms with Crippen molar-refractivity contribution < 1.29 is 4.79 Å². The van der Waals surface area contributed by atoms with E-state index in [0.717, 1.165) is 23.1 Å². The topological polar surface area (TPSA) is 68.0 Å². The van der Waals surface area contributed by atoms with Crippen LogP contribution in [0.2, 0.25) is 0 Å². The van der Waals surface area contributed by atoms with Gasteiger partial charge in [-0.3, -0.25) is 4.79 Å². The van der Waals surface area contributed by atoms with Crippen LogP contribution in [0.25, 0.3) is 10.2 Å². The zero-order valence-electron chi connectivity index (χ0n) is 12.0. The van der Waals surface area contributed by atoms with Gasteiger partial charge < -0.3 is 11.1 Å². The van der Waals surface area contributed by atoms with Gasteiger partial charge in [0.25, 0.3) is 0 Å². The number of thiazole rings is 1. The number of nitrogens with zero attached hydrogens (tertiary/aromatic N) is 1. The second-order valence-electron chi connectivity index (χ2n) is 5.90. The molecular formula is C15H17N3OS2. The molecule has 0 atom stereocenters. The highest BCUT2D eigenvalue weighted by atomic mass is 32.1. The number of amides is 1. The molecule has 4 nitrogen and oxygen atoms in total. The zero-order valence-corrected chi connectivity index (χ0v) is 13.6. The number of carbonyl (C=O) groups is 1. The molecule has 1 heterocycles. The normalized spacial score (nSPS) is 24.6. The Kier molecular flexibility index (Phi) is 3.45. The maximum Gasteiger partial charge on any atom is 0.239 e. The summed E-state index contributed by atoms with van der Waals surface area (Å²) in [6, 6.07) is 6.04. The summed E-state index contributed by atoms with van der Waals surface area (Å²) in [5.74, 6) is 0.360. The summed E-state index contributed by atoms with van der Waals surface area (Å²) in [7, 11) is 0. The number of benzene rings is 1. The Balaban J connectivity index is 1.84. The molecule has 0 aliphatic heterocycles. The lowest BCUT2D eigenvalue weighted by Crippen LogP contribution is -2.53. The largest absolute Gasteiger partial charge is 0.392 e. The van der Waals surface area contributed by atoms with Gasteiger partial charge in [0.2, 0.25) is 5.91 Å². The number of aromatic nitrogens is 1. The minimum absolute atomic E-state index is 0.121. The number of nitrogens with one attached hydrogen (secondary N) is 1. The van der Waals surface area contributed by atoms with Crippen molar-refractivity contribution in [2.24, 2.45) is 17.1 Å². The number of fused-ring (bicyclic) bond motifs is 1. The molecule has 1 aliphatic rings. The summed E-state index contributed by atoms with van der Waals surface area (Å²) < 4.78 is 1.07. The highest BCUT2D eigenvalue weighted by molar-refractivity contribution is 7.80. The molecule has 1 amide bonds. The highest BCUT2D eigenvalue weighted by Gasteiger charge is 2.51. The number of nitrogens with two attached hydrogens (primary N) is 1. The molecule has 110 valence electrons. The second-order valence-corrected chi connectivity index (χ2v) is 7.37. The van der Waals surface area contributed by atoms with Gasteiger partial charge in [0.1, 0.15) is 0 Å². The van der Waals surface area contributed by atoms with Crippen LogP contribution in [-0.2, 0) is 4.79 Å². The molecular weight excluding hydrogens is 302 g/mol. The van der Waals surface area contributed by atoms with Crippen LogP contribution in [0.1, 0.15) is 25.3 Å². The molecule has 0 radical (unpaired) electrons. The van der Waals surface area contributed by atoms with Crippen LogP contribution in [0.15, 0.2) is 18.2 Å². The van der Waals surface area contributed by atoms with Crippen LogP contribution in [0.3, 0.4) is 0 Å².